The average Bonchev–Trinajstić information content (AvgIpc) is 2.96. The Balaban J connectivity index is 1.97. The van der Waals surface area contributed by atoms with Crippen LogP contribution in [0.2, 0.25) is 0 Å². The number of carboxylic acid groups (broad SMARTS) is 2. The number of nitrogens with zero attached hydrogens (tertiary/aromatic N) is 1. The maximum absolute atomic E-state index is 13.8. The van der Waals surface area contributed by atoms with E-state index in [1.54, 1.807) is 60.7 Å². The Hall–Kier alpha value is -4.86. The maximum Gasteiger partial charge on any atom is 0.341 e. The van der Waals surface area contributed by atoms with Gasteiger partial charge in [-0.1, -0.05) is 31.9 Å². The molecule has 0 radical (unpaired) electrons. The number of hydrogen-bond donors (Lipinski definition) is 2. The molecule has 0 fully saturated rings. The smallest absolute Gasteiger partial charge is 0.341 e. The van der Waals surface area contributed by atoms with Gasteiger partial charge in [-0.25, -0.2) is 9.59 Å². The average molecular weight is 564 g/mol. The fourth-order valence-electron chi connectivity index (χ4n) is 3.96. The summed E-state index contributed by atoms with van der Waals surface area (Å²) < 4.78 is 16.6. The van der Waals surface area contributed by atoms with Crippen molar-refractivity contribution in [3.63, 3.8) is 0 Å². The van der Waals surface area contributed by atoms with E-state index in [1.165, 1.54) is 17.9 Å². The van der Waals surface area contributed by atoms with Crippen LogP contribution in [0.5, 0.6) is 17.2 Å². The number of hydrogen-bond acceptors (Lipinski definition) is 7. The van der Waals surface area contributed by atoms with Gasteiger partial charge in [0.25, 0.3) is 5.91 Å². The number of rotatable bonds is 16. The molecule has 216 valence electrons. The Morgan fingerprint density at radius 3 is 2.00 bits per heavy atom. The van der Waals surface area contributed by atoms with Gasteiger partial charge in [-0.05, 0) is 67.9 Å². The lowest BCUT2D eigenvalue weighted by atomic mass is 10.1. The second-order valence-corrected chi connectivity index (χ2v) is 9.18. The van der Waals surface area contributed by atoms with E-state index in [4.69, 9.17) is 19.3 Å². The Bertz CT molecular complexity index is 1350. The molecule has 41 heavy (non-hydrogen) atoms. The number of ether oxygens (including phenoxy) is 3. The van der Waals surface area contributed by atoms with E-state index >= 15 is 0 Å². The topological polar surface area (TPSA) is 140 Å². The first-order valence-corrected chi connectivity index (χ1v) is 13.2. The SMILES string of the molecule is CCCCCOc1ccc(C(=O)N(Cc2cccc(OCC(=O)O)c2OCC(=O)O)c2ccc(C(C)=O)cc2)cc1. The maximum atomic E-state index is 13.8. The molecule has 0 aliphatic heterocycles. The summed E-state index contributed by atoms with van der Waals surface area (Å²) in [5, 5.41) is 18.2. The quantitative estimate of drug-likeness (QED) is 0.177. The zero-order chi connectivity index (χ0) is 29.8. The number of carbonyl (C=O) groups is 4. The summed E-state index contributed by atoms with van der Waals surface area (Å²) in [4.78, 5) is 49.4. The second kappa shape index (κ2) is 15.1. The number of benzene rings is 3. The summed E-state index contributed by atoms with van der Waals surface area (Å²) in [7, 11) is 0. The molecule has 0 aliphatic rings. The van der Waals surface area contributed by atoms with Gasteiger partial charge in [-0.2, -0.15) is 0 Å². The minimum absolute atomic E-state index is 0.00475. The van der Waals surface area contributed by atoms with Gasteiger partial charge in [0.15, 0.2) is 30.5 Å². The fraction of sp³-hybridized carbons (Fsp3) is 0.290. The first kappa shape index (κ1) is 30.7. The summed E-state index contributed by atoms with van der Waals surface area (Å²) in [6.07, 6.45) is 3.08. The van der Waals surface area contributed by atoms with Crippen molar-refractivity contribution in [3.05, 3.63) is 83.4 Å². The van der Waals surface area contributed by atoms with Crippen LogP contribution in [-0.4, -0.2) is 53.7 Å². The summed E-state index contributed by atoms with van der Waals surface area (Å²) in [6, 6.07) is 17.9. The van der Waals surface area contributed by atoms with Crippen molar-refractivity contribution in [1.82, 2.24) is 0 Å². The minimum Gasteiger partial charge on any atom is -0.494 e. The lowest BCUT2D eigenvalue weighted by molar-refractivity contribution is -0.140. The number of ketones is 1. The monoisotopic (exact) mass is 563 g/mol. The Morgan fingerprint density at radius 1 is 0.756 bits per heavy atom. The standard InChI is InChI=1S/C31H33NO9/c1-3-4-5-17-39-26-15-11-23(12-16-26)31(38)32(25-13-9-22(10-14-25)21(2)33)18-24-7-6-8-27(40-19-28(34)35)30(24)41-20-29(36)37/h6-16H,3-5,17-20H2,1-2H3,(H,34,35)(H,36,37). The molecule has 10 nitrogen and oxygen atoms in total. The number of carboxylic acids is 2. The highest BCUT2D eigenvalue weighted by Gasteiger charge is 2.23. The fourth-order valence-corrected chi connectivity index (χ4v) is 3.96. The molecule has 1 amide bonds. The molecule has 0 spiro atoms. The van der Waals surface area contributed by atoms with Gasteiger partial charge in [0.1, 0.15) is 5.75 Å². The second-order valence-electron chi connectivity index (χ2n) is 9.18. The van der Waals surface area contributed by atoms with E-state index < -0.39 is 25.2 Å². The van der Waals surface area contributed by atoms with E-state index in [9.17, 15) is 24.3 Å². The Morgan fingerprint density at radius 2 is 1.39 bits per heavy atom. The number of amides is 1. The van der Waals surface area contributed by atoms with Crippen LogP contribution in [0.3, 0.4) is 0 Å². The largest absolute Gasteiger partial charge is 0.494 e. The molecule has 0 bridgehead atoms. The highest BCUT2D eigenvalue weighted by Crippen LogP contribution is 2.34. The molecule has 0 aromatic heterocycles. The third-order valence-electron chi connectivity index (χ3n) is 6.03. The van der Waals surface area contributed by atoms with E-state index in [0.29, 0.717) is 34.7 Å². The first-order valence-electron chi connectivity index (χ1n) is 13.2. The van der Waals surface area contributed by atoms with Crippen molar-refractivity contribution in [2.75, 3.05) is 24.7 Å². The molecule has 3 aromatic carbocycles. The number of para-hydroxylation sites is 1. The van der Waals surface area contributed by atoms with Gasteiger partial charge >= 0.3 is 11.9 Å². The van der Waals surface area contributed by atoms with Gasteiger partial charge < -0.3 is 29.3 Å². The molecular weight excluding hydrogens is 530 g/mol. The Labute approximate surface area is 238 Å². The number of anilines is 1. The highest BCUT2D eigenvalue weighted by atomic mass is 16.5. The minimum atomic E-state index is -1.24. The van der Waals surface area contributed by atoms with E-state index in [1.807, 2.05) is 0 Å². The van der Waals surface area contributed by atoms with Crippen LogP contribution >= 0.6 is 0 Å². The van der Waals surface area contributed by atoms with Gasteiger partial charge in [0, 0.05) is 22.4 Å². The zero-order valence-electron chi connectivity index (χ0n) is 23.0. The summed E-state index contributed by atoms with van der Waals surface area (Å²) >= 11 is 0. The van der Waals surface area contributed by atoms with Crippen LogP contribution in [0.4, 0.5) is 5.69 Å². The number of unbranched alkanes of at least 4 members (excludes halogenated alkanes) is 2. The summed E-state index contributed by atoms with van der Waals surface area (Å²) in [6.45, 7) is 2.68. The number of aliphatic carboxylic acids is 2. The number of carbonyl (C=O) groups excluding carboxylic acids is 2. The van der Waals surface area contributed by atoms with Crippen molar-refractivity contribution in [3.8, 4) is 17.2 Å². The highest BCUT2D eigenvalue weighted by molar-refractivity contribution is 6.06. The third-order valence-corrected chi connectivity index (χ3v) is 6.03. The van der Waals surface area contributed by atoms with Gasteiger partial charge in [0.2, 0.25) is 0 Å². The molecule has 0 atom stereocenters. The molecule has 3 rings (SSSR count). The van der Waals surface area contributed by atoms with Crippen LogP contribution in [-0.2, 0) is 16.1 Å². The lowest BCUT2D eigenvalue weighted by Crippen LogP contribution is -2.31. The molecule has 0 heterocycles. The summed E-state index contributed by atoms with van der Waals surface area (Å²) in [5.74, 6) is -2.30. The van der Waals surface area contributed by atoms with Crippen molar-refractivity contribution >= 4 is 29.3 Å². The van der Waals surface area contributed by atoms with Gasteiger partial charge in [0.05, 0.1) is 13.2 Å². The third kappa shape index (κ3) is 9.10. The molecule has 0 aliphatic carbocycles. The predicted molar refractivity (Wildman–Crippen MR) is 151 cm³/mol. The van der Waals surface area contributed by atoms with Crippen molar-refractivity contribution in [2.45, 2.75) is 39.7 Å². The van der Waals surface area contributed by atoms with Crippen LogP contribution < -0.4 is 19.1 Å². The molecule has 0 unspecified atom stereocenters. The van der Waals surface area contributed by atoms with Crippen molar-refractivity contribution in [1.29, 1.82) is 0 Å². The van der Waals surface area contributed by atoms with E-state index in [-0.39, 0.29) is 29.7 Å². The predicted octanol–water partition coefficient (Wildman–Crippen LogP) is 5.23. The number of Topliss-reactive ketones (excluding diaryl/α,β-unsaturated/α-hetero) is 1. The molecule has 2 N–H and O–H groups in total. The zero-order valence-corrected chi connectivity index (χ0v) is 23.0. The van der Waals surface area contributed by atoms with Gasteiger partial charge in [-0.15, -0.1) is 0 Å². The van der Waals surface area contributed by atoms with Crippen LogP contribution in [0, 0.1) is 0 Å². The summed E-state index contributed by atoms with van der Waals surface area (Å²) in [5.41, 5.74) is 1.70. The first-order chi connectivity index (χ1) is 19.7. The van der Waals surface area contributed by atoms with Crippen molar-refractivity contribution in [2.24, 2.45) is 0 Å². The van der Waals surface area contributed by atoms with Gasteiger partial charge in [-0.3, -0.25) is 9.59 Å². The van der Waals surface area contributed by atoms with Crippen LogP contribution in [0.1, 0.15) is 59.4 Å². The Kier molecular flexibility index (Phi) is 11.3. The van der Waals surface area contributed by atoms with Crippen LogP contribution in [0.15, 0.2) is 66.7 Å². The molecule has 0 saturated carbocycles. The van der Waals surface area contributed by atoms with Crippen LogP contribution in [0.25, 0.3) is 0 Å². The van der Waals surface area contributed by atoms with E-state index in [2.05, 4.69) is 6.92 Å². The van der Waals surface area contributed by atoms with Crippen molar-refractivity contribution < 1.29 is 43.6 Å². The molecule has 0 saturated heterocycles. The molecule has 10 heteroatoms. The normalized spacial score (nSPS) is 10.5. The molecular formula is C31H33NO9. The molecule has 3 aromatic rings. The van der Waals surface area contributed by atoms with E-state index in [0.717, 1.165) is 19.3 Å². The lowest BCUT2D eigenvalue weighted by Gasteiger charge is -2.25.